The van der Waals surface area contributed by atoms with Gasteiger partial charge < -0.3 is 14.7 Å². The molecule has 0 amide bonds. The molecule has 2 atom stereocenters. The van der Waals surface area contributed by atoms with Crippen LogP contribution in [0.1, 0.15) is 22.8 Å². The van der Waals surface area contributed by atoms with Crippen LogP contribution in [0.2, 0.25) is 0 Å². The first-order valence-corrected chi connectivity index (χ1v) is 10.4. The van der Waals surface area contributed by atoms with Crippen molar-refractivity contribution in [1.29, 1.82) is 5.26 Å². The van der Waals surface area contributed by atoms with Crippen molar-refractivity contribution in [1.82, 2.24) is 0 Å². The van der Waals surface area contributed by atoms with Crippen LogP contribution in [0.25, 0.3) is 0 Å². The van der Waals surface area contributed by atoms with E-state index in [1.807, 2.05) is 0 Å². The maximum atomic E-state index is 14.3. The van der Waals surface area contributed by atoms with Crippen LogP contribution in [0, 0.1) is 17.1 Å². The van der Waals surface area contributed by atoms with Crippen molar-refractivity contribution < 1.29 is 40.2 Å². The normalized spacial score (nSPS) is 20.6. The Morgan fingerprint density at radius 3 is 2.61 bits per heavy atom. The smallest absolute Gasteiger partial charge is 0.489 e. The number of anilines is 2. The lowest BCUT2D eigenvalue weighted by molar-refractivity contribution is -0.0437. The first-order valence-electron chi connectivity index (χ1n) is 8.90. The van der Waals surface area contributed by atoms with Gasteiger partial charge in [0.15, 0.2) is 0 Å². The van der Waals surface area contributed by atoms with Crippen molar-refractivity contribution in [2.45, 2.75) is 29.1 Å². The van der Waals surface area contributed by atoms with E-state index < -0.39 is 50.3 Å². The molecule has 1 aliphatic heterocycles. The third kappa shape index (κ3) is 3.19. The zero-order chi connectivity index (χ0) is 22.7. The molecule has 0 unspecified atom stereocenters. The zero-order valence-electron chi connectivity index (χ0n) is 15.4. The third-order valence-corrected chi connectivity index (χ3v) is 6.76. The lowest BCUT2D eigenvalue weighted by atomic mass is 10.0. The highest BCUT2D eigenvalue weighted by Crippen LogP contribution is 2.48. The summed E-state index contributed by atoms with van der Waals surface area (Å²) >= 11 is 0. The van der Waals surface area contributed by atoms with Gasteiger partial charge in [-0.1, -0.05) is 0 Å². The first kappa shape index (κ1) is 21.3. The second-order valence-corrected chi connectivity index (χ2v) is 8.91. The van der Waals surface area contributed by atoms with E-state index >= 15 is 0 Å². The summed E-state index contributed by atoms with van der Waals surface area (Å²) in [6, 6.07) is 5.49. The lowest BCUT2D eigenvalue weighted by Gasteiger charge is -2.33. The largest absolute Gasteiger partial charge is 0.501 e. The number of halogens is 5. The number of hydrogen-bond donors (Lipinski definition) is 1. The molecule has 0 radical (unpaired) electrons. The van der Waals surface area contributed by atoms with Crippen LogP contribution in [0.5, 0.6) is 5.75 Å². The van der Waals surface area contributed by atoms with Crippen LogP contribution in [-0.2, 0) is 16.3 Å². The monoisotopic (exact) mass is 460 g/mol. The lowest BCUT2D eigenvalue weighted by Crippen LogP contribution is -2.31. The minimum Gasteiger partial charge on any atom is -0.489 e. The Bertz CT molecular complexity index is 1220. The molecule has 2 aromatic rings. The van der Waals surface area contributed by atoms with Gasteiger partial charge in [-0.3, -0.25) is 0 Å². The number of rotatable bonds is 2. The van der Waals surface area contributed by atoms with Crippen molar-refractivity contribution in [2.24, 2.45) is 0 Å². The number of sulfone groups is 1. The molecule has 1 N–H and O–H groups in total. The van der Waals surface area contributed by atoms with Gasteiger partial charge in [0, 0.05) is 23.7 Å². The first-order chi connectivity index (χ1) is 14.5. The molecule has 0 saturated heterocycles. The van der Waals surface area contributed by atoms with E-state index in [4.69, 9.17) is 4.74 Å². The Morgan fingerprint density at radius 1 is 1.26 bits per heavy atom. The van der Waals surface area contributed by atoms with E-state index in [0.717, 1.165) is 18.2 Å². The minimum absolute atomic E-state index is 0.00103. The average molecular weight is 460 g/mol. The highest BCUT2D eigenvalue weighted by molar-refractivity contribution is 7.92. The molecule has 2 aromatic carbocycles. The Labute approximate surface area is 173 Å². The fourth-order valence-electron chi connectivity index (χ4n) is 3.92. The van der Waals surface area contributed by atoms with Crippen LogP contribution in [0.4, 0.5) is 33.3 Å². The topological polar surface area (TPSA) is 90.6 Å². The van der Waals surface area contributed by atoms with Crippen molar-refractivity contribution in [3.8, 4) is 11.8 Å². The molecule has 0 bridgehead atoms. The Balaban J connectivity index is 1.97. The summed E-state index contributed by atoms with van der Waals surface area (Å²) in [6.07, 6.45) is -4.64. The van der Waals surface area contributed by atoms with Gasteiger partial charge in [0.25, 0.3) is 9.84 Å². The molecule has 1 aliphatic carbocycles. The van der Waals surface area contributed by atoms with Crippen LogP contribution in [-0.4, -0.2) is 38.4 Å². The fourth-order valence-corrected chi connectivity index (χ4v) is 4.95. The molecule has 0 fully saturated rings. The molecule has 0 saturated carbocycles. The van der Waals surface area contributed by atoms with Crippen LogP contribution < -0.4 is 9.64 Å². The van der Waals surface area contributed by atoms with Crippen LogP contribution in [0.15, 0.2) is 29.2 Å². The summed E-state index contributed by atoms with van der Waals surface area (Å²) in [5.74, 6) is -0.743. The summed E-state index contributed by atoms with van der Waals surface area (Å²) < 4.78 is 97.0. The number of nitriles is 1. The number of hydrogen-bond acceptors (Lipinski definition) is 6. The molecule has 31 heavy (non-hydrogen) atoms. The summed E-state index contributed by atoms with van der Waals surface area (Å²) in [5, 5.41) is 19.6. The van der Waals surface area contributed by atoms with Crippen molar-refractivity contribution in [3.05, 3.63) is 46.8 Å². The summed E-state index contributed by atoms with van der Waals surface area (Å²) in [4.78, 5) is 0.198. The van der Waals surface area contributed by atoms with E-state index in [9.17, 15) is 40.7 Å². The van der Waals surface area contributed by atoms with Crippen molar-refractivity contribution >= 4 is 21.2 Å². The van der Waals surface area contributed by atoms with Gasteiger partial charge in [-0.2, -0.15) is 18.4 Å². The molecule has 2 aliphatic rings. The van der Waals surface area contributed by atoms with Gasteiger partial charge in [-0.05, 0) is 23.8 Å². The number of alkyl halides is 4. The summed E-state index contributed by atoms with van der Waals surface area (Å²) in [7, 11) is -5.86. The quantitative estimate of drug-likeness (QED) is 0.691. The zero-order valence-corrected chi connectivity index (χ0v) is 16.3. The number of nitrogens with zero attached hydrogens (tertiary/aromatic N) is 2. The number of benzene rings is 2. The number of fused-ring (bicyclic) bond motifs is 2. The van der Waals surface area contributed by atoms with Gasteiger partial charge in [0.1, 0.15) is 42.2 Å². The summed E-state index contributed by atoms with van der Waals surface area (Å²) in [5.41, 5.74) is -6.37. The number of ether oxygens (including phenoxy) is 1. The Hall–Kier alpha value is -2.91. The fraction of sp³-hybridized carbons (Fsp3) is 0.316. The minimum atomic E-state index is -5.86. The SMILES string of the molecule is N#Cc1cc(F)cc2c1N(c1ccc(S(=O)(=O)C(F)(F)F)c3c1C[C@@H](F)[C@H]3O)CCO2. The molecule has 1 heterocycles. The van der Waals surface area contributed by atoms with Gasteiger partial charge in [0.2, 0.25) is 0 Å². The Kier molecular flexibility index (Phi) is 4.86. The maximum Gasteiger partial charge on any atom is 0.501 e. The molecule has 12 heteroatoms. The molecule has 164 valence electrons. The van der Waals surface area contributed by atoms with E-state index in [-0.39, 0.29) is 41.4 Å². The van der Waals surface area contributed by atoms with E-state index in [2.05, 4.69) is 0 Å². The predicted octanol–water partition coefficient (Wildman–Crippen LogP) is 3.45. The van der Waals surface area contributed by atoms with Crippen molar-refractivity contribution in [2.75, 3.05) is 18.1 Å². The third-order valence-electron chi connectivity index (χ3n) is 5.22. The molecular weight excluding hydrogens is 447 g/mol. The molecule has 0 aromatic heterocycles. The molecule has 4 rings (SSSR count). The highest BCUT2D eigenvalue weighted by atomic mass is 32.2. The molecule has 0 spiro atoms. The van der Waals surface area contributed by atoms with Gasteiger partial charge in [-0.25, -0.2) is 17.2 Å². The van der Waals surface area contributed by atoms with Gasteiger partial charge in [0.05, 0.1) is 17.0 Å². The van der Waals surface area contributed by atoms with Crippen molar-refractivity contribution in [3.63, 3.8) is 0 Å². The van der Waals surface area contributed by atoms with E-state index in [0.29, 0.717) is 6.07 Å². The average Bonchev–Trinajstić information content (AvgIpc) is 2.99. The molecule has 6 nitrogen and oxygen atoms in total. The second kappa shape index (κ2) is 7.06. The molecular formula is C19H13F5N2O4S. The van der Waals surface area contributed by atoms with Crippen LogP contribution >= 0.6 is 0 Å². The standard InChI is InChI=1S/C19H13F5N2O4S/c20-10-5-9(8-25)17-14(6-10)30-4-3-26(17)13-1-2-15(31(28,29)19(22,23)24)16-11(13)7-12(21)18(16)27/h1-2,5-6,12,18,27H,3-4,7H2/t12-,18-/m1/s1. The van der Waals surface area contributed by atoms with E-state index in [1.54, 1.807) is 6.07 Å². The number of aliphatic hydroxyl groups is 1. The van der Waals surface area contributed by atoms with Gasteiger partial charge >= 0.3 is 5.51 Å². The maximum absolute atomic E-state index is 14.3. The number of aliphatic hydroxyl groups excluding tert-OH is 1. The highest BCUT2D eigenvalue weighted by Gasteiger charge is 2.50. The Morgan fingerprint density at radius 2 is 1.97 bits per heavy atom. The second-order valence-electron chi connectivity index (χ2n) is 7.00. The predicted molar refractivity (Wildman–Crippen MR) is 96.9 cm³/mol. The summed E-state index contributed by atoms with van der Waals surface area (Å²) in [6.45, 7) is 0.0818. The van der Waals surface area contributed by atoms with E-state index in [1.165, 1.54) is 4.90 Å². The van der Waals surface area contributed by atoms with Gasteiger partial charge in [-0.15, -0.1) is 0 Å². The van der Waals surface area contributed by atoms with Crippen LogP contribution in [0.3, 0.4) is 0 Å².